The van der Waals surface area contributed by atoms with Crippen LogP contribution in [0.15, 0.2) is 41.4 Å². The number of aromatic amines is 1. The van der Waals surface area contributed by atoms with E-state index in [1.54, 1.807) is 7.11 Å². The number of nitrogens with zero attached hydrogens (tertiary/aromatic N) is 1. The number of methoxy groups -OCH3 is 1. The lowest BCUT2D eigenvalue weighted by atomic mass is 10.1. The molecule has 0 fully saturated rings. The van der Waals surface area contributed by atoms with Gasteiger partial charge >= 0.3 is 0 Å². The van der Waals surface area contributed by atoms with Crippen molar-refractivity contribution in [1.82, 2.24) is 10.3 Å². The van der Waals surface area contributed by atoms with E-state index in [0.717, 1.165) is 41.3 Å². The molecule has 1 aromatic heterocycles. The summed E-state index contributed by atoms with van der Waals surface area (Å²) in [5.41, 5.74) is 3.36. The normalized spacial score (nSPS) is 14.6. The van der Waals surface area contributed by atoms with E-state index < -0.39 is 0 Å². The highest BCUT2D eigenvalue weighted by Crippen LogP contribution is 2.29. The van der Waals surface area contributed by atoms with Crippen molar-refractivity contribution in [2.45, 2.75) is 0 Å². The average molecular weight is 265 g/mol. The van der Waals surface area contributed by atoms with Crippen molar-refractivity contribution in [3.05, 3.63) is 42.0 Å². The minimum atomic E-state index is 0.858. The highest BCUT2D eigenvalue weighted by Gasteiger charge is 2.11. The Labute approximate surface area is 116 Å². The van der Waals surface area contributed by atoms with Crippen molar-refractivity contribution < 1.29 is 4.74 Å². The lowest BCUT2D eigenvalue weighted by molar-refractivity contribution is 0.415. The second kappa shape index (κ2) is 4.27. The minimum absolute atomic E-state index is 0.858. The Morgan fingerprint density at radius 1 is 1.05 bits per heavy atom. The zero-order chi connectivity index (χ0) is 13.5. The van der Waals surface area contributed by atoms with Gasteiger partial charge in [0, 0.05) is 34.5 Å². The number of nitrogens with one attached hydrogen (secondary N) is 2. The SMILES string of the molecule is COc1ccc2c(c1)[nH]c1cc(C3=NCCN3)ccc12. The zero-order valence-corrected chi connectivity index (χ0v) is 11.2. The Kier molecular flexibility index (Phi) is 2.42. The van der Waals surface area contributed by atoms with E-state index in [1.807, 2.05) is 12.1 Å². The Balaban J connectivity index is 1.92. The quantitative estimate of drug-likeness (QED) is 0.748. The number of amidine groups is 1. The van der Waals surface area contributed by atoms with Crippen LogP contribution in [0.2, 0.25) is 0 Å². The van der Waals surface area contributed by atoms with Crippen molar-refractivity contribution >= 4 is 27.6 Å². The van der Waals surface area contributed by atoms with Crippen molar-refractivity contribution in [1.29, 1.82) is 0 Å². The number of fused-ring (bicyclic) bond motifs is 3. The van der Waals surface area contributed by atoms with Gasteiger partial charge < -0.3 is 15.0 Å². The van der Waals surface area contributed by atoms with Crippen LogP contribution in [0.4, 0.5) is 0 Å². The van der Waals surface area contributed by atoms with Gasteiger partial charge in [0.05, 0.1) is 19.2 Å². The number of benzene rings is 2. The zero-order valence-electron chi connectivity index (χ0n) is 11.2. The predicted octanol–water partition coefficient (Wildman–Crippen LogP) is 2.68. The summed E-state index contributed by atoms with van der Waals surface area (Å²) >= 11 is 0. The molecule has 1 aliphatic rings. The summed E-state index contributed by atoms with van der Waals surface area (Å²) in [6.45, 7) is 1.79. The van der Waals surface area contributed by atoms with Gasteiger partial charge in [0.1, 0.15) is 11.6 Å². The smallest absolute Gasteiger partial charge is 0.128 e. The third kappa shape index (κ3) is 1.65. The Bertz CT molecular complexity index is 832. The summed E-state index contributed by atoms with van der Waals surface area (Å²) in [5.74, 6) is 1.86. The molecule has 0 spiro atoms. The largest absolute Gasteiger partial charge is 0.497 e. The molecule has 0 saturated heterocycles. The maximum atomic E-state index is 5.27. The van der Waals surface area contributed by atoms with Gasteiger partial charge in [0.2, 0.25) is 0 Å². The molecular formula is C16H15N3O. The highest BCUT2D eigenvalue weighted by molar-refractivity contribution is 6.10. The Hall–Kier alpha value is -2.49. The highest BCUT2D eigenvalue weighted by atomic mass is 16.5. The first-order valence-corrected chi connectivity index (χ1v) is 6.73. The summed E-state index contributed by atoms with van der Waals surface area (Å²) < 4.78 is 5.27. The first-order chi connectivity index (χ1) is 9.85. The lowest BCUT2D eigenvalue weighted by Crippen LogP contribution is -2.19. The molecule has 0 bridgehead atoms. The molecular weight excluding hydrogens is 250 g/mol. The molecule has 2 aromatic carbocycles. The van der Waals surface area contributed by atoms with Crippen LogP contribution in [0.1, 0.15) is 5.56 Å². The lowest BCUT2D eigenvalue weighted by Gasteiger charge is -2.02. The van der Waals surface area contributed by atoms with Crippen molar-refractivity contribution in [2.75, 3.05) is 20.2 Å². The molecule has 3 aromatic rings. The molecule has 0 unspecified atom stereocenters. The number of hydrogen-bond acceptors (Lipinski definition) is 3. The summed E-state index contributed by atoms with van der Waals surface area (Å²) in [4.78, 5) is 7.92. The molecule has 1 aliphatic heterocycles. The topological polar surface area (TPSA) is 49.4 Å². The van der Waals surface area contributed by atoms with Gasteiger partial charge in [-0.15, -0.1) is 0 Å². The summed E-state index contributed by atoms with van der Waals surface area (Å²) in [6.07, 6.45) is 0. The first-order valence-electron chi connectivity index (χ1n) is 6.73. The molecule has 2 heterocycles. The van der Waals surface area contributed by atoms with Crippen LogP contribution in [-0.4, -0.2) is 31.0 Å². The van der Waals surface area contributed by atoms with E-state index in [2.05, 4.69) is 39.6 Å². The second-order valence-electron chi connectivity index (χ2n) is 4.95. The number of aliphatic imine (C=N–C) groups is 1. The van der Waals surface area contributed by atoms with Crippen LogP contribution < -0.4 is 10.1 Å². The molecule has 20 heavy (non-hydrogen) atoms. The van der Waals surface area contributed by atoms with Gasteiger partial charge in [-0.2, -0.15) is 0 Å². The van der Waals surface area contributed by atoms with E-state index in [4.69, 9.17) is 4.74 Å². The van der Waals surface area contributed by atoms with E-state index in [-0.39, 0.29) is 0 Å². The van der Waals surface area contributed by atoms with Crippen LogP contribution >= 0.6 is 0 Å². The molecule has 0 radical (unpaired) electrons. The molecule has 4 rings (SSSR count). The molecule has 0 amide bonds. The third-order valence-corrected chi connectivity index (χ3v) is 3.75. The average Bonchev–Trinajstić information content (AvgIpc) is 3.13. The molecule has 100 valence electrons. The molecule has 4 nitrogen and oxygen atoms in total. The number of aromatic nitrogens is 1. The monoisotopic (exact) mass is 265 g/mol. The van der Waals surface area contributed by atoms with Crippen molar-refractivity contribution in [2.24, 2.45) is 4.99 Å². The van der Waals surface area contributed by atoms with Gasteiger partial charge in [-0.25, -0.2) is 0 Å². The van der Waals surface area contributed by atoms with Crippen LogP contribution in [0.3, 0.4) is 0 Å². The maximum absolute atomic E-state index is 5.27. The van der Waals surface area contributed by atoms with Crippen LogP contribution in [-0.2, 0) is 0 Å². The van der Waals surface area contributed by atoms with E-state index in [0.29, 0.717) is 0 Å². The van der Waals surface area contributed by atoms with Crippen molar-refractivity contribution in [3.8, 4) is 5.75 Å². The fourth-order valence-electron chi connectivity index (χ4n) is 2.75. The molecule has 0 saturated carbocycles. The molecule has 4 heteroatoms. The van der Waals surface area contributed by atoms with Crippen LogP contribution in [0.25, 0.3) is 21.8 Å². The summed E-state index contributed by atoms with van der Waals surface area (Å²) in [7, 11) is 1.69. The number of hydrogen-bond donors (Lipinski definition) is 2. The fourth-order valence-corrected chi connectivity index (χ4v) is 2.75. The minimum Gasteiger partial charge on any atom is -0.497 e. The molecule has 0 aliphatic carbocycles. The van der Waals surface area contributed by atoms with Gasteiger partial charge in [-0.3, -0.25) is 4.99 Å². The summed E-state index contributed by atoms with van der Waals surface area (Å²) in [5, 5.41) is 5.75. The standard InChI is InChI=1S/C16H15N3O/c1-20-11-3-5-13-12-4-2-10(16-17-6-7-18-16)8-14(12)19-15(13)9-11/h2-5,8-9,19H,6-7H2,1H3,(H,17,18). The third-order valence-electron chi connectivity index (χ3n) is 3.75. The van der Waals surface area contributed by atoms with E-state index in [9.17, 15) is 0 Å². The molecule has 2 N–H and O–H groups in total. The number of ether oxygens (including phenoxy) is 1. The van der Waals surface area contributed by atoms with Gasteiger partial charge in [0.15, 0.2) is 0 Å². The van der Waals surface area contributed by atoms with Gasteiger partial charge in [0.25, 0.3) is 0 Å². The fraction of sp³-hybridized carbons (Fsp3) is 0.188. The van der Waals surface area contributed by atoms with Gasteiger partial charge in [-0.1, -0.05) is 12.1 Å². The predicted molar refractivity (Wildman–Crippen MR) is 81.8 cm³/mol. The Morgan fingerprint density at radius 2 is 1.85 bits per heavy atom. The molecule has 0 atom stereocenters. The first kappa shape index (κ1) is 11.3. The Morgan fingerprint density at radius 3 is 2.60 bits per heavy atom. The second-order valence-corrected chi connectivity index (χ2v) is 4.95. The number of H-pyrrole nitrogens is 1. The summed E-state index contributed by atoms with van der Waals surface area (Å²) in [6, 6.07) is 12.5. The number of rotatable bonds is 2. The van der Waals surface area contributed by atoms with Gasteiger partial charge in [-0.05, 0) is 18.2 Å². The van der Waals surface area contributed by atoms with E-state index in [1.165, 1.54) is 10.8 Å². The van der Waals surface area contributed by atoms with Crippen LogP contribution in [0, 0.1) is 0 Å². The van der Waals surface area contributed by atoms with E-state index >= 15 is 0 Å². The maximum Gasteiger partial charge on any atom is 0.128 e. The van der Waals surface area contributed by atoms with Crippen LogP contribution in [0.5, 0.6) is 5.75 Å². The van der Waals surface area contributed by atoms with Crippen molar-refractivity contribution in [3.63, 3.8) is 0 Å².